The second kappa shape index (κ2) is 9.12. The predicted octanol–water partition coefficient (Wildman–Crippen LogP) is 3.07. The lowest BCUT2D eigenvalue weighted by atomic mass is 9.95. The summed E-state index contributed by atoms with van der Waals surface area (Å²) in [6.45, 7) is 6.53. The van der Waals surface area contributed by atoms with E-state index < -0.39 is 12.0 Å². The third kappa shape index (κ3) is 4.47. The van der Waals surface area contributed by atoms with Gasteiger partial charge >= 0.3 is 12.0 Å². The molecule has 2 rings (SSSR count). The lowest BCUT2D eigenvalue weighted by Gasteiger charge is -2.28. The zero-order chi connectivity index (χ0) is 19.1. The Kier molecular flexibility index (Phi) is 6.89. The van der Waals surface area contributed by atoms with Crippen molar-refractivity contribution in [3.8, 4) is 11.5 Å². The molecule has 0 saturated carbocycles. The first-order valence-electron chi connectivity index (χ1n) is 8.77. The molecule has 0 saturated heterocycles. The van der Waals surface area contributed by atoms with Crippen LogP contribution in [0.3, 0.4) is 0 Å². The minimum Gasteiger partial charge on any atom is -0.493 e. The number of hydrogen-bond acceptors (Lipinski definition) is 5. The number of nitrogens with one attached hydrogen (secondary N) is 2. The predicted molar refractivity (Wildman–Crippen MR) is 97.1 cm³/mol. The van der Waals surface area contributed by atoms with E-state index in [1.807, 2.05) is 19.9 Å². The quantitative estimate of drug-likeness (QED) is 0.694. The topological polar surface area (TPSA) is 85.9 Å². The fraction of sp³-hybridized carbons (Fsp3) is 0.474. The number of carbonyl (C=O) groups is 2. The molecule has 1 atom stereocenters. The number of ether oxygens (including phenoxy) is 3. The van der Waals surface area contributed by atoms with Gasteiger partial charge in [0.05, 0.1) is 31.9 Å². The smallest absolute Gasteiger partial charge is 0.338 e. The number of allylic oxidation sites excluding steroid dienone is 1. The fourth-order valence-corrected chi connectivity index (χ4v) is 2.68. The maximum atomic E-state index is 12.5. The van der Waals surface area contributed by atoms with E-state index >= 15 is 0 Å². The van der Waals surface area contributed by atoms with Crippen molar-refractivity contribution < 1.29 is 23.8 Å². The molecule has 7 heteroatoms. The summed E-state index contributed by atoms with van der Waals surface area (Å²) in [5.41, 5.74) is 1.57. The zero-order valence-electron chi connectivity index (χ0n) is 15.7. The zero-order valence-corrected chi connectivity index (χ0v) is 15.7. The molecule has 0 aromatic heterocycles. The lowest BCUT2D eigenvalue weighted by Crippen LogP contribution is -2.45. The molecule has 7 nitrogen and oxygen atoms in total. The van der Waals surface area contributed by atoms with Crippen molar-refractivity contribution >= 4 is 12.0 Å². The second-order valence-electron chi connectivity index (χ2n) is 5.96. The number of methoxy groups -OCH3 is 1. The molecule has 1 aromatic rings. The van der Waals surface area contributed by atoms with E-state index in [0.29, 0.717) is 41.5 Å². The highest BCUT2D eigenvalue weighted by atomic mass is 16.5. The number of carbonyl (C=O) groups excluding carboxylic acids is 2. The Hall–Kier alpha value is -2.70. The van der Waals surface area contributed by atoms with E-state index in [0.717, 1.165) is 12.8 Å². The Morgan fingerprint density at radius 3 is 2.54 bits per heavy atom. The van der Waals surface area contributed by atoms with Gasteiger partial charge in [0.2, 0.25) is 0 Å². The van der Waals surface area contributed by atoms with Gasteiger partial charge in [0.1, 0.15) is 0 Å². The van der Waals surface area contributed by atoms with Crippen LogP contribution in [0.2, 0.25) is 0 Å². The summed E-state index contributed by atoms with van der Waals surface area (Å²) in [7, 11) is 1.55. The van der Waals surface area contributed by atoms with Gasteiger partial charge in [-0.3, -0.25) is 0 Å². The van der Waals surface area contributed by atoms with Crippen molar-refractivity contribution in [3.05, 3.63) is 35.0 Å². The number of amides is 2. The van der Waals surface area contributed by atoms with E-state index in [-0.39, 0.29) is 6.03 Å². The maximum absolute atomic E-state index is 12.5. The second-order valence-corrected chi connectivity index (χ2v) is 5.96. The highest BCUT2D eigenvalue weighted by molar-refractivity contribution is 5.95. The van der Waals surface area contributed by atoms with Crippen molar-refractivity contribution in [1.82, 2.24) is 10.6 Å². The molecule has 2 amide bonds. The molecule has 0 bridgehead atoms. The van der Waals surface area contributed by atoms with Crippen LogP contribution >= 0.6 is 0 Å². The van der Waals surface area contributed by atoms with Crippen LogP contribution in [-0.4, -0.2) is 32.3 Å². The van der Waals surface area contributed by atoms with Gasteiger partial charge in [-0.2, -0.15) is 0 Å². The third-order valence-electron chi connectivity index (χ3n) is 3.91. The maximum Gasteiger partial charge on any atom is 0.338 e. The third-order valence-corrected chi connectivity index (χ3v) is 3.91. The largest absolute Gasteiger partial charge is 0.493 e. The Balaban J connectivity index is 2.38. The van der Waals surface area contributed by atoms with Crippen molar-refractivity contribution in [2.45, 2.75) is 39.7 Å². The van der Waals surface area contributed by atoms with Crippen LogP contribution in [0, 0.1) is 0 Å². The normalized spacial score (nSPS) is 16.6. The molecular formula is C19H26N2O5. The molecule has 1 unspecified atom stereocenters. The molecule has 1 aliphatic heterocycles. The van der Waals surface area contributed by atoms with Crippen LogP contribution in [0.5, 0.6) is 11.5 Å². The van der Waals surface area contributed by atoms with Crippen LogP contribution in [0.1, 0.15) is 45.2 Å². The molecule has 1 heterocycles. The van der Waals surface area contributed by atoms with Gasteiger partial charge < -0.3 is 24.8 Å². The monoisotopic (exact) mass is 362 g/mol. The van der Waals surface area contributed by atoms with Crippen molar-refractivity contribution in [1.29, 1.82) is 0 Å². The van der Waals surface area contributed by atoms with Gasteiger partial charge in [-0.1, -0.05) is 19.9 Å². The van der Waals surface area contributed by atoms with Gasteiger partial charge in [0.15, 0.2) is 11.5 Å². The van der Waals surface area contributed by atoms with Crippen LogP contribution in [-0.2, 0) is 9.53 Å². The Bertz CT molecular complexity index is 699. The van der Waals surface area contributed by atoms with Crippen LogP contribution in [0.25, 0.3) is 0 Å². The van der Waals surface area contributed by atoms with Crippen molar-refractivity contribution in [3.63, 3.8) is 0 Å². The summed E-state index contributed by atoms with van der Waals surface area (Å²) in [5, 5.41) is 5.41. The van der Waals surface area contributed by atoms with Gasteiger partial charge in [-0.25, -0.2) is 9.59 Å². The Morgan fingerprint density at radius 1 is 1.15 bits per heavy atom. The summed E-state index contributed by atoms with van der Waals surface area (Å²) >= 11 is 0. The molecule has 26 heavy (non-hydrogen) atoms. The number of urea groups is 1. The number of esters is 1. The van der Waals surface area contributed by atoms with Crippen LogP contribution < -0.4 is 20.1 Å². The van der Waals surface area contributed by atoms with E-state index in [1.165, 1.54) is 0 Å². The Labute approximate surface area is 153 Å². The molecule has 0 aliphatic carbocycles. The van der Waals surface area contributed by atoms with Crippen molar-refractivity contribution in [2.24, 2.45) is 0 Å². The average molecular weight is 362 g/mol. The standard InChI is InChI=1S/C19H26N2O5/c1-5-9-25-14-8-7-13(11-15(14)24-4)17-16(18(22)26-10-6-2)12(3)20-19(23)21-17/h7-8,11,17H,5-6,9-10H2,1-4H3,(H2,20,21,23). The van der Waals surface area contributed by atoms with Gasteiger partial charge in [0, 0.05) is 5.70 Å². The van der Waals surface area contributed by atoms with E-state index in [4.69, 9.17) is 14.2 Å². The molecule has 2 N–H and O–H groups in total. The molecule has 0 radical (unpaired) electrons. The number of benzene rings is 1. The highest BCUT2D eigenvalue weighted by Crippen LogP contribution is 2.34. The minimum atomic E-state index is -0.623. The molecule has 0 fully saturated rings. The first-order valence-corrected chi connectivity index (χ1v) is 8.77. The SMILES string of the molecule is CCCOC(=O)C1=C(C)NC(=O)NC1c1ccc(OCCC)c(OC)c1. The summed E-state index contributed by atoms with van der Waals surface area (Å²) in [6, 6.07) is 4.36. The van der Waals surface area contributed by atoms with Gasteiger partial charge in [-0.15, -0.1) is 0 Å². The summed E-state index contributed by atoms with van der Waals surface area (Å²) in [4.78, 5) is 24.4. The highest BCUT2D eigenvalue weighted by Gasteiger charge is 2.32. The average Bonchev–Trinajstić information content (AvgIpc) is 2.63. The summed E-state index contributed by atoms with van der Waals surface area (Å²) in [5.74, 6) is 0.712. The fourth-order valence-electron chi connectivity index (χ4n) is 2.68. The summed E-state index contributed by atoms with van der Waals surface area (Å²) in [6.07, 6.45) is 1.60. The molecule has 1 aliphatic rings. The van der Waals surface area contributed by atoms with E-state index in [9.17, 15) is 9.59 Å². The number of rotatable bonds is 8. The lowest BCUT2D eigenvalue weighted by molar-refractivity contribution is -0.139. The first kappa shape index (κ1) is 19.6. The van der Waals surface area contributed by atoms with Gasteiger partial charge in [-0.05, 0) is 37.5 Å². The molecular weight excluding hydrogens is 336 g/mol. The Morgan fingerprint density at radius 2 is 1.88 bits per heavy atom. The van der Waals surface area contributed by atoms with Crippen LogP contribution in [0.4, 0.5) is 4.79 Å². The van der Waals surface area contributed by atoms with E-state index in [2.05, 4.69) is 10.6 Å². The van der Waals surface area contributed by atoms with E-state index in [1.54, 1.807) is 26.2 Å². The van der Waals surface area contributed by atoms with Crippen molar-refractivity contribution in [2.75, 3.05) is 20.3 Å². The molecule has 142 valence electrons. The minimum absolute atomic E-state index is 0.323. The first-order chi connectivity index (χ1) is 12.5. The van der Waals surface area contributed by atoms with Crippen LogP contribution in [0.15, 0.2) is 29.5 Å². The van der Waals surface area contributed by atoms with Gasteiger partial charge in [0.25, 0.3) is 0 Å². The summed E-state index contributed by atoms with van der Waals surface area (Å²) < 4.78 is 16.3. The molecule has 0 spiro atoms. The molecule has 1 aromatic carbocycles. The number of hydrogen-bond donors (Lipinski definition) is 2.